The van der Waals surface area contributed by atoms with Gasteiger partial charge in [0.2, 0.25) is 0 Å². The summed E-state index contributed by atoms with van der Waals surface area (Å²) in [5.74, 6) is 0. The van der Waals surface area contributed by atoms with E-state index in [1.807, 2.05) is 35.1 Å². The molecule has 1 atom stereocenters. The van der Waals surface area contributed by atoms with E-state index in [-0.39, 0.29) is 6.10 Å². The molecule has 104 valence electrons. The van der Waals surface area contributed by atoms with Gasteiger partial charge in [0.25, 0.3) is 0 Å². The van der Waals surface area contributed by atoms with Crippen LogP contribution in [0.5, 0.6) is 0 Å². The highest BCUT2D eigenvalue weighted by molar-refractivity contribution is 5.39. The summed E-state index contributed by atoms with van der Waals surface area (Å²) in [6.45, 7) is 0.727. The Morgan fingerprint density at radius 3 is 2.43 bits per heavy atom. The maximum atomic E-state index is 5.99. The Balaban J connectivity index is 1.79. The van der Waals surface area contributed by atoms with E-state index in [1.54, 1.807) is 0 Å². The lowest BCUT2D eigenvalue weighted by molar-refractivity contribution is 0.0688. The molecule has 0 radical (unpaired) electrons. The predicted molar refractivity (Wildman–Crippen MR) is 81.5 cm³/mol. The first-order chi connectivity index (χ1) is 10.4. The first-order valence-electron chi connectivity index (χ1n) is 7.22. The van der Waals surface area contributed by atoms with Crippen LogP contribution in [0.25, 0.3) is 5.69 Å². The van der Waals surface area contributed by atoms with Gasteiger partial charge in [-0.2, -0.15) is 5.10 Å². The predicted octanol–water partition coefficient (Wildman–Crippen LogP) is 3.53. The van der Waals surface area contributed by atoms with Gasteiger partial charge in [-0.05, 0) is 17.7 Å². The number of hydrogen-bond acceptors (Lipinski definition) is 2. The normalized spacial score (nSPS) is 17.4. The van der Waals surface area contributed by atoms with Crippen molar-refractivity contribution in [3.8, 4) is 5.69 Å². The van der Waals surface area contributed by atoms with E-state index in [4.69, 9.17) is 4.74 Å². The fourth-order valence-corrected chi connectivity index (χ4v) is 2.91. The highest BCUT2D eigenvalue weighted by Crippen LogP contribution is 2.33. The van der Waals surface area contributed by atoms with Crippen molar-refractivity contribution in [3.05, 3.63) is 83.7 Å². The molecule has 1 aliphatic heterocycles. The molecule has 0 aliphatic carbocycles. The molecule has 3 heteroatoms. The molecule has 0 bridgehead atoms. The number of aromatic nitrogens is 2. The van der Waals surface area contributed by atoms with Gasteiger partial charge in [0.05, 0.1) is 24.2 Å². The van der Waals surface area contributed by atoms with Crippen molar-refractivity contribution in [2.24, 2.45) is 0 Å². The summed E-state index contributed by atoms with van der Waals surface area (Å²) in [6, 6.07) is 20.6. The fourth-order valence-electron chi connectivity index (χ4n) is 2.91. The van der Waals surface area contributed by atoms with Crippen LogP contribution in [0.15, 0.2) is 66.9 Å². The van der Waals surface area contributed by atoms with Crippen LogP contribution in [-0.4, -0.2) is 16.4 Å². The minimum atomic E-state index is -0.00703. The minimum Gasteiger partial charge on any atom is -0.368 e. The van der Waals surface area contributed by atoms with Crippen LogP contribution in [0.1, 0.15) is 22.9 Å². The maximum Gasteiger partial charge on any atom is 0.111 e. The number of ether oxygens (including phenoxy) is 1. The number of benzene rings is 2. The number of hydrogen-bond donors (Lipinski definition) is 0. The highest BCUT2D eigenvalue weighted by Gasteiger charge is 2.26. The van der Waals surface area contributed by atoms with Crippen LogP contribution >= 0.6 is 0 Å². The van der Waals surface area contributed by atoms with Crippen molar-refractivity contribution >= 4 is 0 Å². The molecule has 0 fully saturated rings. The fraction of sp³-hybridized carbons (Fsp3) is 0.167. The van der Waals surface area contributed by atoms with E-state index in [0.29, 0.717) is 0 Å². The number of para-hydroxylation sites is 1. The summed E-state index contributed by atoms with van der Waals surface area (Å²) >= 11 is 0. The van der Waals surface area contributed by atoms with E-state index in [0.717, 1.165) is 18.7 Å². The number of rotatable bonds is 2. The molecular formula is C18H16N2O. The minimum absolute atomic E-state index is 0.00703. The smallest absolute Gasteiger partial charge is 0.111 e. The van der Waals surface area contributed by atoms with Crippen LogP contribution in [0, 0.1) is 0 Å². The summed E-state index contributed by atoms with van der Waals surface area (Å²) in [5, 5.41) is 4.58. The Bertz CT molecular complexity index is 734. The first-order valence-corrected chi connectivity index (χ1v) is 7.22. The van der Waals surface area contributed by atoms with Crippen molar-refractivity contribution in [3.63, 3.8) is 0 Å². The third-order valence-electron chi connectivity index (χ3n) is 3.91. The van der Waals surface area contributed by atoms with Crippen LogP contribution in [-0.2, 0) is 11.2 Å². The lowest BCUT2D eigenvalue weighted by atomic mass is 9.98. The van der Waals surface area contributed by atoms with Gasteiger partial charge in [0.1, 0.15) is 6.10 Å². The van der Waals surface area contributed by atoms with Crippen molar-refractivity contribution in [1.82, 2.24) is 9.78 Å². The van der Waals surface area contributed by atoms with Gasteiger partial charge >= 0.3 is 0 Å². The third-order valence-corrected chi connectivity index (χ3v) is 3.91. The average Bonchev–Trinajstić information content (AvgIpc) is 3.00. The third kappa shape index (κ3) is 2.16. The Labute approximate surface area is 123 Å². The summed E-state index contributed by atoms with van der Waals surface area (Å²) in [6.07, 6.45) is 2.83. The Hall–Kier alpha value is -2.39. The Morgan fingerprint density at radius 2 is 1.67 bits per heavy atom. The second kappa shape index (κ2) is 5.19. The molecule has 3 aromatic rings. The molecule has 0 saturated carbocycles. The van der Waals surface area contributed by atoms with Crippen molar-refractivity contribution in [1.29, 1.82) is 0 Å². The van der Waals surface area contributed by atoms with E-state index in [2.05, 4.69) is 41.5 Å². The van der Waals surface area contributed by atoms with Gasteiger partial charge in [-0.3, -0.25) is 0 Å². The largest absolute Gasteiger partial charge is 0.368 e. The van der Waals surface area contributed by atoms with Gasteiger partial charge in [0, 0.05) is 12.0 Å². The molecular weight excluding hydrogens is 260 g/mol. The quantitative estimate of drug-likeness (QED) is 0.716. The van der Waals surface area contributed by atoms with Gasteiger partial charge in [-0.1, -0.05) is 48.5 Å². The highest BCUT2D eigenvalue weighted by atomic mass is 16.5. The number of fused-ring (bicyclic) bond motifs is 1. The Kier molecular flexibility index (Phi) is 3.05. The van der Waals surface area contributed by atoms with E-state index in [9.17, 15) is 0 Å². The first kappa shape index (κ1) is 12.4. The molecule has 0 saturated heterocycles. The molecule has 0 N–H and O–H groups in total. The molecule has 2 aromatic carbocycles. The molecule has 21 heavy (non-hydrogen) atoms. The molecule has 3 nitrogen and oxygen atoms in total. The summed E-state index contributed by atoms with van der Waals surface area (Å²) in [5.41, 5.74) is 4.72. The van der Waals surface area contributed by atoms with Gasteiger partial charge < -0.3 is 4.74 Å². The van der Waals surface area contributed by atoms with Crippen LogP contribution in [0.3, 0.4) is 0 Å². The van der Waals surface area contributed by atoms with Gasteiger partial charge in [0.15, 0.2) is 0 Å². The molecule has 4 rings (SSSR count). The molecule has 1 aromatic heterocycles. The lowest BCUT2D eigenvalue weighted by Gasteiger charge is -2.24. The summed E-state index contributed by atoms with van der Waals surface area (Å²) < 4.78 is 8.02. The van der Waals surface area contributed by atoms with Crippen molar-refractivity contribution in [2.45, 2.75) is 12.5 Å². The lowest BCUT2D eigenvalue weighted by Crippen LogP contribution is -2.18. The Morgan fingerprint density at radius 1 is 0.952 bits per heavy atom. The van der Waals surface area contributed by atoms with E-state index in [1.165, 1.54) is 16.8 Å². The van der Waals surface area contributed by atoms with Crippen molar-refractivity contribution in [2.75, 3.05) is 6.61 Å². The zero-order chi connectivity index (χ0) is 14.1. The standard InChI is InChI=1S/C18H16N2O/c1-3-7-14(8-4-1)18-16-13-19-20(17(16)11-12-21-18)15-9-5-2-6-10-15/h1-10,13,18H,11-12H2. The second-order valence-corrected chi connectivity index (χ2v) is 5.21. The van der Waals surface area contributed by atoms with Crippen LogP contribution in [0.2, 0.25) is 0 Å². The summed E-state index contributed by atoms with van der Waals surface area (Å²) in [7, 11) is 0. The monoisotopic (exact) mass is 276 g/mol. The molecule has 1 aliphatic rings. The number of nitrogens with zero attached hydrogens (tertiary/aromatic N) is 2. The van der Waals surface area contributed by atoms with Gasteiger partial charge in [-0.25, -0.2) is 4.68 Å². The van der Waals surface area contributed by atoms with Crippen molar-refractivity contribution < 1.29 is 4.74 Å². The maximum absolute atomic E-state index is 5.99. The van der Waals surface area contributed by atoms with Crippen LogP contribution in [0.4, 0.5) is 0 Å². The van der Waals surface area contributed by atoms with E-state index >= 15 is 0 Å². The molecule has 2 heterocycles. The van der Waals surface area contributed by atoms with Crippen LogP contribution < -0.4 is 0 Å². The summed E-state index contributed by atoms with van der Waals surface area (Å²) in [4.78, 5) is 0. The molecule has 0 amide bonds. The van der Waals surface area contributed by atoms with E-state index < -0.39 is 0 Å². The second-order valence-electron chi connectivity index (χ2n) is 5.21. The average molecular weight is 276 g/mol. The SMILES string of the molecule is c1ccc(C2OCCc3c2cnn3-c2ccccc2)cc1. The zero-order valence-corrected chi connectivity index (χ0v) is 11.6. The molecule has 0 spiro atoms. The molecule has 1 unspecified atom stereocenters. The zero-order valence-electron chi connectivity index (χ0n) is 11.6. The van der Waals surface area contributed by atoms with Gasteiger partial charge in [-0.15, -0.1) is 0 Å². The topological polar surface area (TPSA) is 27.1 Å².